The molecule has 1 N–H and O–H groups in total. The van der Waals surface area contributed by atoms with Crippen molar-refractivity contribution < 1.29 is 8.42 Å². The van der Waals surface area contributed by atoms with Gasteiger partial charge in [-0.15, -0.1) is 12.4 Å². The summed E-state index contributed by atoms with van der Waals surface area (Å²) in [7, 11) is -3.08. The molecule has 2 rings (SSSR count). The molecule has 1 saturated heterocycles. The van der Waals surface area contributed by atoms with Crippen LogP contribution in [0.5, 0.6) is 0 Å². The Hall–Kier alpha value is -0.580. The largest absolute Gasteiger partial charge is 0.317 e. The van der Waals surface area contributed by atoms with Crippen LogP contribution in [0.2, 0.25) is 0 Å². The van der Waals surface area contributed by atoms with Crippen molar-refractivity contribution >= 4 is 22.2 Å². The Kier molecular flexibility index (Phi) is 7.00. The molecule has 0 aliphatic carbocycles. The molecule has 1 heterocycles. The van der Waals surface area contributed by atoms with Gasteiger partial charge in [0.1, 0.15) is 0 Å². The minimum atomic E-state index is -3.08. The Bertz CT molecular complexity index is 510. The van der Waals surface area contributed by atoms with Crippen LogP contribution in [0.25, 0.3) is 0 Å². The van der Waals surface area contributed by atoms with Gasteiger partial charge in [-0.3, -0.25) is 0 Å². The molecule has 0 saturated carbocycles. The van der Waals surface area contributed by atoms with Crippen LogP contribution in [0.1, 0.15) is 31.2 Å². The van der Waals surface area contributed by atoms with Gasteiger partial charge in [-0.05, 0) is 62.4 Å². The van der Waals surface area contributed by atoms with Crippen molar-refractivity contribution in [3.63, 3.8) is 0 Å². The molecular formula is C15H24ClNO2S. The van der Waals surface area contributed by atoms with E-state index < -0.39 is 9.84 Å². The molecule has 1 aromatic rings. The topological polar surface area (TPSA) is 46.2 Å². The number of piperidine rings is 1. The van der Waals surface area contributed by atoms with Crippen LogP contribution in [0.4, 0.5) is 0 Å². The standard InChI is InChI=1S/C15H23NO2S.ClH/c1-19(17,18)15-7-3-6-14(12-15)5-2-4-13-8-10-16-11-9-13;/h3,6-7,12-13,16H,2,4-5,8-11H2,1H3;1H. The van der Waals surface area contributed by atoms with Gasteiger partial charge in [0.05, 0.1) is 4.90 Å². The summed E-state index contributed by atoms with van der Waals surface area (Å²) in [5, 5.41) is 3.38. The smallest absolute Gasteiger partial charge is 0.175 e. The molecule has 1 aliphatic heterocycles. The van der Waals surface area contributed by atoms with Crippen molar-refractivity contribution in [2.75, 3.05) is 19.3 Å². The van der Waals surface area contributed by atoms with Gasteiger partial charge in [0.15, 0.2) is 9.84 Å². The van der Waals surface area contributed by atoms with Gasteiger partial charge in [0, 0.05) is 6.26 Å². The van der Waals surface area contributed by atoms with Gasteiger partial charge in [-0.1, -0.05) is 18.6 Å². The van der Waals surface area contributed by atoms with Crippen molar-refractivity contribution in [3.05, 3.63) is 29.8 Å². The maximum atomic E-state index is 11.5. The van der Waals surface area contributed by atoms with Gasteiger partial charge in [0.25, 0.3) is 0 Å². The van der Waals surface area contributed by atoms with Gasteiger partial charge < -0.3 is 5.32 Å². The Morgan fingerprint density at radius 1 is 1.25 bits per heavy atom. The molecule has 1 aromatic carbocycles. The number of sulfone groups is 1. The molecule has 0 atom stereocenters. The zero-order valence-corrected chi connectivity index (χ0v) is 13.6. The van der Waals surface area contributed by atoms with Gasteiger partial charge in [0.2, 0.25) is 0 Å². The molecule has 0 amide bonds. The molecule has 114 valence electrons. The van der Waals surface area contributed by atoms with Gasteiger partial charge in [-0.2, -0.15) is 0 Å². The molecule has 0 radical (unpaired) electrons. The van der Waals surface area contributed by atoms with Crippen molar-refractivity contribution in [3.8, 4) is 0 Å². The number of rotatable bonds is 5. The third-order valence-electron chi connectivity index (χ3n) is 3.86. The van der Waals surface area contributed by atoms with Gasteiger partial charge in [-0.25, -0.2) is 8.42 Å². The number of aryl methyl sites for hydroxylation is 1. The average molecular weight is 318 g/mol. The molecule has 0 bridgehead atoms. The van der Waals surface area contributed by atoms with Crippen LogP contribution >= 0.6 is 12.4 Å². The number of nitrogens with one attached hydrogen (secondary N) is 1. The normalized spacial score (nSPS) is 16.6. The first kappa shape index (κ1) is 17.5. The lowest BCUT2D eigenvalue weighted by Crippen LogP contribution is -2.27. The Morgan fingerprint density at radius 3 is 2.60 bits per heavy atom. The molecule has 20 heavy (non-hydrogen) atoms. The lowest BCUT2D eigenvalue weighted by atomic mass is 9.92. The maximum Gasteiger partial charge on any atom is 0.175 e. The highest BCUT2D eigenvalue weighted by molar-refractivity contribution is 7.90. The first-order chi connectivity index (χ1) is 9.05. The fourth-order valence-corrected chi connectivity index (χ4v) is 3.39. The average Bonchev–Trinajstić information content (AvgIpc) is 2.39. The van der Waals surface area contributed by atoms with Crippen LogP contribution in [-0.2, 0) is 16.3 Å². The summed E-state index contributed by atoms with van der Waals surface area (Å²) in [4.78, 5) is 0.437. The molecule has 0 spiro atoms. The summed E-state index contributed by atoms with van der Waals surface area (Å²) < 4.78 is 23.0. The first-order valence-corrected chi connectivity index (χ1v) is 8.94. The van der Waals surface area contributed by atoms with Crippen LogP contribution in [0, 0.1) is 5.92 Å². The zero-order valence-electron chi connectivity index (χ0n) is 12.0. The second-order valence-corrected chi connectivity index (χ2v) is 7.52. The highest BCUT2D eigenvalue weighted by atomic mass is 35.5. The van der Waals surface area contributed by atoms with Crippen LogP contribution < -0.4 is 5.32 Å². The van der Waals surface area contributed by atoms with E-state index in [1.54, 1.807) is 6.07 Å². The predicted molar refractivity (Wildman–Crippen MR) is 85.3 cm³/mol. The highest BCUT2D eigenvalue weighted by Gasteiger charge is 2.12. The number of benzene rings is 1. The lowest BCUT2D eigenvalue weighted by Gasteiger charge is -2.22. The first-order valence-electron chi connectivity index (χ1n) is 7.05. The SMILES string of the molecule is CS(=O)(=O)c1cccc(CCCC2CCNCC2)c1.Cl. The molecule has 5 heteroatoms. The van der Waals surface area contributed by atoms with Crippen molar-refractivity contribution in [2.45, 2.75) is 37.0 Å². The molecule has 3 nitrogen and oxygen atoms in total. The summed E-state index contributed by atoms with van der Waals surface area (Å²) in [6.07, 6.45) is 7.21. The van der Waals surface area contributed by atoms with Crippen molar-refractivity contribution in [2.24, 2.45) is 5.92 Å². The fourth-order valence-electron chi connectivity index (χ4n) is 2.70. The van der Waals surface area contributed by atoms with E-state index >= 15 is 0 Å². The van der Waals surface area contributed by atoms with Crippen LogP contribution in [0.3, 0.4) is 0 Å². The molecule has 1 fully saturated rings. The van der Waals surface area contributed by atoms with E-state index in [1.165, 1.54) is 25.5 Å². The van der Waals surface area contributed by atoms with E-state index in [0.717, 1.165) is 37.4 Å². The number of hydrogen-bond donors (Lipinski definition) is 1. The Balaban J connectivity index is 0.00000200. The Morgan fingerprint density at radius 2 is 1.95 bits per heavy atom. The fraction of sp³-hybridized carbons (Fsp3) is 0.600. The van der Waals surface area contributed by atoms with Gasteiger partial charge >= 0.3 is 0 Å². The molecular weight excluding hydrogens is 294 g/mol. The summed E-state index contributed by atoms with van der Waals surface area (Å²) >= 11 is 0. The monoisotopic (exact) mass is 317 g/mol. The van der Waals surface area contributed by atoms with Crippen LogP contribution in [0.15, 0.2) is 29.2 Å². The van der Waals surface area contributed by atoms with E-state index in [9.17, 15) is 8.42 Å². The summed E-state index contributed by atoms with van der Waals surface area (Å²) in [6, 6.07) is 7.36. The summed E-state index contributed by atoms with van der Waals surface area (Å²) in [5.74, 6) is 0.847. The molecule has 1 aliphatic rings. The molecule has 0 aromatic heterocycles. The number of hydrogen-bond acceptors (Lipinski definition) is 3. The maximum absolute atomic E-state index is 11.5. The third-order valence-corrected chi connectivity index (χ3v) is 4.97. The lowest BCUT2D eigenvalue weighted by molar-refractivity contribution is 0.347. The molecule has 0 unspecified atom stereocenters. The zero-order chi connectivity index (χ0) is 13.7. The van der Waals surface area contributed by atoms with E-state index in [4.69, 9.17) is 0 Å². The quantitative estimate of drug-likeness (QED) is 0.908. The second kappa shape index (κ2) is 8.01. The Labute approximate surface area is 128 Å². The minimum Gasteiger partial charge on any atom is -0.317 e. The highest BCUT2D eigenvalue weighted by Crippen LogP contribution is 2.20. The third kappa shape index (κ3) is 5.43. The summed E-state index contributed by atoms with van der Waals surface area (Å²) in [5.41, 5.74) is 1.14. The summed E-state index contributed by atoms with van der Waals surface area (Å²) in [6.45, 7) is 2.29. The number of halogens is 1. The van der Waals surface area contributed by atoms with Crippen molar-refractivity contribution in [1.82, 2.24) is 5.32 Å². The second-order valence-electron chi connectivity index (χ2n) is 5.51. The van der Waals surface area contributed by atoms with E-state index in [-0.39, 0.29) is 12.4 Å². The van der Waals surface area contributed by atoms with Crippen molar-refractivity contribution in [1.29, 1.82) is 0 Å². The van der Waals surface area contributed by atoms with Crippen LogP contribution in [-0.4, -0.2) is 27.8 Å². The minimum absolute atomic E-state index is 0. The van der Waals surface area contributed by atoms with E-state index in [1.807, 2.05) is 18.2 Å². The predicted octanol–water partition coefficient (Wildman–Crippen LogP) is 2.83. The van der Waals surface area contributed by atoms with E-state index in [0.29, 0.717) is 4.90 Å². The van der Waals surface area contributed by atoms with E-state index in [2.05, 4.69) is 5.32 Å².